The first kappa shape index (κ1) is 15.4. The van der Waals surface area contributed by atoms with Crippen LogP contribution in [0, 0.1) is 6.92 Å². The summed E-state index contributed by atoms with van der Waals surface area (Å²) in [6.45, 7) is 1.95. The quantitative estimate of drug-likeness (QED) is 0.533. The van der Waals surface area contributed by atoms with Gasteiger partial charge in [0.2, 0.25) is 5.90 Å². The van der Waals surface area contributed by atoms with Gasteiger partial charge in [-0.2, -0.15) is 0 Å². The SMILES string of the molecule is Cc1ccccc1C1=N/C(=C/c2csc(-c3ccccn3)n2)C(=O)O1. The smallest absolute Gasteiger partial charge is 0.363 e. The second-order valence-corrected chi connectivity index (χ2v) is 6.30. The van der Waals surface area contributed by atoms with Crippen molar-refractivity contribution < 1.29 is 9.53 Å². The van der Waals surface area contributed by atoms with E-state index in [1.807, 2.05) is 54.8 Å². The summed E-state index contributed by atoms with van der Waals surface area (Å²) in [6.07, 6.45) is 3.36. The summed E-state index contributed by atoms with van der Waals surface area (Å²) in [5.74, 6) is -0.139. The molecule has 1 aliphatic rings. The number of aliphatic imine (C=N–C) groups is 1. The Bertz CT molecular complexity index is 1010. The van der Waals surface area contributed by atoms with Crippen molar-refractivity contribution in [1.82, 2.24) is 9.97 Å². The molecule has 0 aliphatic carbocycles. The number of rotatable bonds is 3. The maximum Gasteiger partial charge on any atom is 0.363 e. The molecule has 0 amide bonds. The third-order valence-electron chi connectivity index (χ3n) is 3.69. The Morgan fingerprint density at radius 2 is 1.96 bits per heavy atom. The lowest BCUT2D eigenvalue weighted by Gasteiger charge is -2.02. The van der Waals surface area contributed by atoms with E-state index in [0.29, 0.717) is 11.6 Å². The summed E-state index contributed by atoms with van der Waals surface area (Å²) in [5, 5.41) is 2.66. The number of nitrogens with zero attached hydrogens (tertiary/aromatic N) is 3. The first-order valence-electron chi connectivity index (χ1n) is 7.66. The molecular weight excluding hydrogens is 334 g/mol. The van der Waals surface area contributed by atoms with Crippen molar-refractivity contribution in [2.45, 2.75) is 6.92 Å². The number of thiazole rings is 1. The van der Waals surface area contributed by atoms with E-state index in [1.54, 1.807) is 12.3 Å². The average Bonchev–Trinajstić information content (AvgIpc) is 3.24. The Labute approximate surface area is 148 Å². The fourth-order valence-electron chi connectivity index (χ4n) is 2.44. The van der Waals surface area contributed by atoms with E-state index in [0.717, 1.165) is 21.8 Å². The lowest BCUT2D eigenvalue weighted by atomic mass is 10.1. The highest BCUT2D eigenvalue weighted by Crippen LogP contribution is 2.25. The summed E-state index contributed by atoms with van der Waals surface area (Å²) >= 11 is 1.47. The number of aromatic nitrogens is 2. The van der Waals surface area contributed by atoms with Gasteiger partial charge in [0.05, 0.1) is 11.4 Å². The number of ether oxygens (including phenoxy) is 1. The van der Waals surface area contributed by atoms with E-state index >= 15 is 0 Å². The van der Waals surface area contributed by atoms with Gasteiger partial charge in [-0.1, -0.05) is 24.3 Å². The number of hydrogen-bond donors (Lipinski definition) is 0. The minimum Gasteiger partial charge on any atom is -0.402 e. The van der Waals surface area contributed by atoms with Crippen LogP contribution in [0.1, 0.15) is 16.8 Å². The van der Waals surface area contributed by atoms with Crippen LogP contribution in [0.25, 0.3) is 16.8 Å². The molecule has 3 aromatic rings. The van der Waals surface area contributed by atoms with Gasteiger partial charge >= 0.3 is 5.97 Å². The van der Waals surface area contributed by atoms with Gasteiger partial charge in [0.1, 0.15) is 5.01 Å². The number of cyclic esters (lactones) is 1. The minimum absolute atomic E-state index is 0.246. The lowest BCUT2D eigenvalue weighted by Crippen LogP contribution is -2.06. The highest BCUT2D eigenvalue weighted by atomic mass is 32.1. The predicted octanol–water partition coefficient (Wildman–Crippen LogP) is 3.86. The third kappa shape index (κ3) is 3.12. The van der Waals surface area contributed by atoms with Crippen LogP contribution < -0.4 is 0 Å². The standard InChI is InChI=1S/C19H13N3O2S/c1-12-6-2-3-7-14(12)17-22-16(19(23)24-17)10-13-11-25-18(21-13)15-8-4-5-9-20-15/h2-11H,1H3/b16-10+. The average molecular weight is 347 g/mol. The number of carbonyl (C=O) groups is 1. The predicted molar refractivity (Wildman–Crippen MR) is 97.1 cm³/mol. The van der Waals surface area contributed by atoms with Crippen LogP contribution >= 0.6 is 11.3 Å². The molecule has 4 rings (SSSR count). The number of aryl methyl sites for hydroxylation is 1. The number of pyridine rings is 1. The summed E-state index contributed by atoms with van der Waals surface area (Å²) in [6, 6.07) is 13.3. The zero-order chi connectivity index (χ0) is 17.2. The minimum atomic E-state index is -0.467. The largest absolute Gasteiger partial charge is 0.402 e. The van der Waals surface area contributed by atoms with Crippen LogP contribution in [0.5, 0.6) is 0 Å². The molecule has 0 saturated carbocycles. The molecular formula is C19H13N3O2S. The molecule has 0 saturated heterocycles. The Balaban J connectivity index is 1.65. The Morgan fingerprint density at radius 1 is 1.12 bits per heavy atom. The summed E-state index contributed by atoms with van der Waals surface area (Å²) in [7, 11) is 0. The van der Waals surface area contributed by atoms with E-state index in [9.17, 15) is 4.79 Å². The van der Waals surface area contributed by atoms with Crippen molar-refractivity contribution in [2.75, 3.05) is 0 Å². The number of carbonyl (C=O) groups excluding carboxylic acids is 1. The number of benzene rings is 1. The first-order chi connectivity index (χ1) is 12.2. The lowest BCUT2D eigenvalue weighted by molar-refractivity contribution is -0.129. The molecule has 3 heterocycles. The molecule has 122 valence electrons. The first-order valence-corrected chi connectivity index (χ1v) is 8.54. The molecule has 0 spiro atoms. The van der Waals surface area contributed by atoms with Crippen molar-refractivity contribution in [3.05, 3.63) is 76.6 Å². The fourth-order valence-corrected chi connectivity index (χ4v) is 3.19. The van der Waals surface area contributed by atoms with Gasteiger partial charge in [0.25, 0.3) is 0 Å². The van der Waals surface area contributed by atoms with Crippen LogP contribution in [0.4, 0.5) is 0 Å². The van der Waals surface area contributed by atoms with Gasteiger partial charge < -0.3 is 4.74 Å². The summed E-state index contributed by atoms with van der Waals surface area (Å²) < 4.78 is 5.31. The molecule has 6 heteroatoms. The zero-order valence-corrected chi connectivity index (χ0v) is 14.2. The molecule has 1 aliphatic heterocycles. The van der Waals surface area contributed by atoms with Crippen LogP contribution in [0.3, 0.4) is 0 Å². The van der Waals surface area contributed by atoms with Gasteiger partial charge in [-0.3, -0.25) is 4.98 Å². The maximum absolute atomic E-state index is 12.1. The molecule has 25 heavy (non-hydrogen) atoms. The highest BCUT2D eigenvalue weighted by Gasteiger charge is 2.25. The number of esters is 1. The molecule has 2 aromatic heterocycles. The second kappa shape index (κ2) is 6.41. The Morgan fingerprint density at radius 3 is 2.76 bits per heavy atom. The van der Waals surface area contributed by atoms with Gasteiger partial charge in [0, 0.05) is 17.1 Å². The van der Waals surface area contributed by atoms with Gasteiger partial charge in [-0.05, 0) is 36.8 Å². The summed E-state index contributed by atoms with van der Waals surface area (Å²) in [5.41, 5.74) is 3.52. The Hall–Kier alpha value is -3.12. The van der Waals surface area contributed by atoms with Gasteiger partial charge in [0.15, 0.2) is 5.70 Å². The van der Waals surface area contributed by atoms with E-state index in [2.05, 4.69) is 15.0 Å². The van der Waals surface area contributed by atoms with Crippen LogP contribution in [0.2, 0.25) is 0 Å². The van der Waals surface area contributed by atoms with Crippen molar-refractivity contribution in [1.29, 1.82) is 0 Å². The molecule has 1 aromatic carbocycles. The second-order valence-electron chi connectivity index (χ2n) is 5.44. The molecule has 0 N–H and O–H groups in total. The fraction of sp³-hybridized carbons (Fsp3) is 0.0526. The molecule has 0 radical (unpaired) electrons. The zero-order valence-electron chi connectivity index (χ0n) is 13.3. The van der Waals surface area contributed by atoms with Crippen molar-refractivity contribution in [3.63, 3.8) is 0 Å². The normalized spacial score (nSPS) is 15.3. The van der Waals surface area contributed by atoms with Crippen molar-refractivity contribution in [3.8, 4) is 10.7 Å². The topological polar surface area (TPSA) is 64.4 Å². The van der Waals surface area contributed by atoms with Crippen molar-refractivity contribution >= 4 is 29.3 Å². The van der Waals surface area contributed by atoms with Crippen LogP contribution in [0.15, 0.2) is 64.7 Å². The monoisotopic (exact) mass is 347 g/mol. The van der Waals surface area contributed by atoms with Crippen LogP contribution in [-0.2, 0) is 9.53 Å². The van der Waals surface area contributed by atoms with Gasteiger partial charge in [-0.25, -0.2) is 14.8 Å². The summed E-state index contributed by atoms with van der Waals surface area (Å²) in [4.78, 5) is 25.2. The molecule has 0 unspecified atom stereocenters. The van der Waals surface area contributed by atoms with E-state index in [-0.39, 0.29) is 5.70 Å². The van der Waals surface area contributed by atoms with Crippen LogP contribution in [-0.4, -0.2) is 21.8 Å². The van der Waals surface area contributed by atoms with E-state index in [1.165, 1.54) is 11.3 Å². The Kier molecular flexibility index (Phi) is 3.95. The molecule has 0 atom stereocenters. The molecule has 5 nitrogen and oxygen atoms in total. The van der Waals surface area contributed by atoms with Gasteiger partial charge in [-0.15, -0.1) is 11.3 Å². The molecule has 0 fully saturated rings. The van der Waals surface area contributed by atoms with E-state index in [4.69, 9.17) is 4.74 Å². The van der Waals surface area contributed by atoms with E-state index < -0.39 is 5.97 Å². The molecule has 0 bridgehead atoms. The maximum atomic E-state index is 12.1. The number of hydrogen-bond acceptors (Lipinski definition) is 6. The van der Waals surface area contributed by atoms with Crippen molar-refractivity contribution in [2.24, 2.45) is 4.99 Å². The third-order valence-corrected chi connectivity index (χ3v) is 4.57. The highest BCUT2D eigenvalue weighted by molar-refractivity contribution is 7.13.